The van der Waals surface area contributed by atoms with Gasteiger partial charge in [0.05, 0.1) is 12.6 Å². The maximum atomic E-state index is 12.8. The summed E-state index contributed by atoms with van der Waals surface area (Å²) in [6.45, 7) is 11.9. The van der Waals surface area contributed by atoms with Crippen LogP contribution in [0.15, 0.2) is 18.2 Å². The van der Waals surface area contributed by atoms with Crippen molar-refractivity contribution in [3.63, 3.8) is 0 Å². The average molecular weight is 415 g/mol. The smallest absolute Gasteiger partial charge is 0.238 e. The lowest BCUT2D eigenvalue weighted by Crippen LogP contribution is -2.56. The van der Waals surface area contributed by atoms with Gasteiger partial charge < -0.3 is 10.6 Å². The summed E-state index contributed by atoms with van der Waals surface area (Å²) in [4.78, 5) is 29.7. The van der Waals surface area contributed by atoms with Crippen LogP contribution in [0.2, 0.25) is 0 Å². The normalized spacial score (nSPS) is 24.3. The van der Waals surface area contributed by atoms with Crippen LogP contribution in [0, 0.1) is 19.8 Å². The highest BCUT2D eigenvalue weighted by Crippen LogP contribution is 2.24. The predicted molar refractivity (Wildman–Crippen MR) is 122 cm³/mol. The molecule has 3 rings (SSSR count). The minimum Gasteiger partial charge on any atom is -0.352 e. The number of amides is 2. The topological polar surface area (TPSA) is 64.7 Å². The number of hydrogen-bond donors (Lipinski definition) is 2. The van der Waals surface area contributed by atoms with Crippen molar-refractivity contribution in [2.45, 2.75) is 65.5 Å². The maximum Gasteiger partial charge on any atom is 0.238 e. The molecule has 3 atom stereocenters. The van der Waals surface area contributed by atoms with Crippen LogP contribution in [-0.2, 0) is 9.59 Å². The Morgan fingerprint density at radius 3 is 2.33 bits per heavy atom. The van der Waals surface area contributed by atoms with Gasteiger partial charge in [-0.1, -0.05) is 38.0 Å². The highest BCUT2D eigenvalue weighted by Gasteiger charge is 2.29. The zero-order chi connectivity index (χ0) is 21.7. The number of anilines is 1. The fourth-order valence-electron chi connectivity index (χ4n) is 4.70. The Kier molecular flexibility index (Phi) is 7.89. The molecule has 1 heterocycles. The molecule has 6 nitrogen and oxygen atoms in total. The molecule has 1 aliphatic heterocycles. The lowest BCUT2D eigenvalue weighted by atomic mass is 9.86. The number of para-hydroxylation sites is 1. The first-order valence-electron chi connectivity index (χ1n) is 11.5. The van der Waals surface area contributed by atoms with E-state index in [4.69, 9.17) is 0 Å². The minimum atomic E-state index is -0.121. The number of nitrogens with one attached hydrogen (secondary N) is 2. The van der Waals surface area contributed by atoms with E-state index in [2.05, 4.69) is 27.4 Å². The number of carbonyl (C=O) groups is 2. The van der Waals surface area contributed by atoms with Crippen LogP contribution in [0.5, 0.6) is 0 Å². The Hall–Kier alpha value is -1.92. The van der Waals surface area contributed by atoms with E-state index in [1.54, 1.807) is 0 Å². The van der Waals surface area contributed by atoms with Crippen molar-refractivity contribution in [1.82, 2.24) is 15.1 Å². The molecule has 0 aromatic heterocycles. The van der Waals surface area contributed by atoms with E-state index in [9.17, 15) is 9.59 Å². The molecule has 0 radical (unpaired) electrons. The van der Waals surface area contributed by atoms with E-state index in [1.807, 2.05) is 39.0 Å². The van der Waals surface area contributed by atoms with Gasteiger partial charge in [-0.3, -0.25) is 19.4 Å². The van der Waals surface area contributed by atoms with E-state index in [0.29, 0.717) is 18.5 Å². The van der Waals surface area contributed by atoms with E-state index in [-0.39, 0.29) is 17.9 Å². The summed E-state index contributed by atoms with van der Waals surface area (Å²) in [5.74, 6) is 0.745. The standard InChI is InChI=1S/C24H38N4O2/c1-17-8-5-6-11-21(17)25-24(30)20(4)28-14-12-27(13-15-28)16-22(29)26-23-18(2)9-7-10-19(23)3/h7,9-10,17,20-21H,5-6,8,11-16H2,1-4H3,(H,25,30)(H,26,29)/t17-,20+,21-/m0/s1. The molecule has 1 aromatic rings. The third-order valence-corrected chi connectivity index (χ3v) is 6.89. The summed E-state index contributed by atoms with van der Waals surface area (Å²) < 4.78 is 0. The highest BCUT2D eigenvalue weighted by atomic mass is 16.2. The Morgan fingerprint density at radius 1 is 1.07 bits per heavy atom. The molecular weight excluding hydrogens is 376 g/mol. The molecule has 1 saturated heterocycles. The van der Waals surface area contributed by atoms with Crippen LogP contribution in [0.25, 0.3) is 0 Å². The van der Waals surface area contributed by atoms with Gasteiger partial charge in [-0.15, -0.1) is 0 Å². The number of nitrogens with zero attached hydrogens (tertiary/aromatic N) is 2. The molecule has 166 valence electrons. The van der Waals surface area contributed by atoms with Crippen molar-refractivity contribution >= 4 is 17.5 Å². The molecule has 1 aromatic carbocycles. The van der Waals surface area contributed by atoms with Gasteiger partial charge in [0.2, 0.25) is 11.8 Å². The zero-order valence-corrected chi connectivity index (χ0v) is 19.0. The van der Waals surface area contributed by atoms with Crippen LogP contribution in [0.1, 0.15) is 50.7 Å². The Morgan fingerprint density at radius 2 is 1.70 bits per heavy atom. The second-order valence-corrected chi connectivity index (χ2v) is 9.18. The minimum absolute atomic E-state index is 0.0259. The van der Waals surface area contributed by atoms with Crippen molar-refractivity contribution in [2.24, 2.45) is 5.92 Å². The summed E-state index contributed by atoms with van der Waals surface area (Å²) in [6.07, 6.45) is 4.81. The number of aryl methyl sites for hydroxylation is 2. The molecule has 2 aliphatic rings. The van der Waals surface area contributed by atoms with Gasteiger partial charge in [-0.05, 0) is 50.7 Å². The van der Waals surface area contributed by atoms with E-state index >= 15 is 0 Å². The highest BCUT2D eigenvalue weighted by molar-refractivity contribution is 5.93. The predicted octanol–water partition coefficient (Wildman–Crippen LogP) is 2.94. The van der Waals surface area contributed by atoms with Crippen LogP contribution >= 0.6 is 0 Å². The number of benzene rings is 1. The Balaban J connectivity index is 1.43. The molecule has 0 spiro atoms. The molecule has 0 bridgehead atoms. The number of piperazine rings is 1. The lowest BCUT2D eigenvalue weighted by Gasteiger charge is -2.38. The summed E-state index contributed by atoms with van der Waals surface area (Å²) in [5.41, 5.74) is 3.09. The molecule has 6 heteroatoms. The second kappa shape index (κ2) is 10.4. The molecule has 30 heavy (non-hydrogen) atoms. The first-order chi connectivity index (χ1) is 14.3. The molecule has 0 unspecified atom stereocenters. The number of hydrogen-bond acceptors (Lipinski definition) is 4. The first-order valence-corrected chi connectivity index (χ1v) is 11.5. The fraction of sp³-hybridized carbons (Fsp3) is 0.667. The average Bonchev–Trinajstić information content (AvgIpc) is 2.72. The maximum absolute atomic E-state index is 12.8. The third kappa shape index (κ3) is 5.82. The Bertz CT molecular complexity index is 722. The van der Waals surface area contributed by atoms with Gasteiger partial charge in [0.25, 0.3) is 0 Å². The zero-order valence-electron chi connectivity index (χ0n) is 19.0. The van der Waals surface area contributed by atoms with Gasteiger partial charge in [-0.2, -0.15) is 0 Å². The SMILES string of the molecule is Cc1cccc(C)c1NC(=O)CN1CCN([C@H](C)C(=O)N[C@H]2CCCC[C@@H]2C)CC1. The summed E-state index contributed by atoms with van der Waals surface area (Å²) in [7, 11) is 0. The molecule has 1 saturated carbocycles. The Labute approximate surface area is 181 Å². The van der Waals surface area contributed by atoms with Crippen LogP contribution in [-0.4, -0.2) is 66.4 Å². The summed E-state index contributed by atoms with van der Waals surface area (Å²) in [5, 5.41) is 6.36. The van der Waals surface area contributed by atoms with Crippen molar-refractivity contribution in [3.05, 3.63) is 29.3 Å². The molecular formula is C24H38N4O2. The molecule has 2 fully saturated rings. The monoisotopic (exact) mass is 414 g/mol. The third-order valence-electron chi connectivity index (χ3n) is 6.89. The molecule has 2 amide bonds. The number of carbonyl (C=O) groups excluding carboxylic acids is 2. The van der Waals surface area contributed by atoms with Crippen molar-refractivity contribution in [1.29, 1.82) is 0 Å². The van der Waals surface area contributed by atoms with Gasteiger partial charge in [0, 0.05) is 37.9 Å². The van der Waals surface area contributed by atoms with Crippen LogP contribution < -0.4 is 10.6 Å². The van der Waals surface area contributed by atoms with Gasteiger partial charge in [0.1, 0.15) is 0 Å². The second-order valence-electron chi connectivity index (χ2n) is 9.18. The van der Waals surface area contributed by atoms with Gasteiger partial charge in [-0.25, -0.2) is 0 Å². The largest absolute Gasteiger partial charge is 0.352 e. The summed E-state index contributed by atoms with van der Waals surface area (Å²) >= 11 is 0. The van der Waals surface area contributed by atoms with Gasteiger partial charge in [0.15, 0.2) is 0 Å². The van der Waals surface area contributed by atoms with Crippen molar-refractivity contribution < 1.29 is 9.59 Å². The number of rotatable bonds is 6. The van der Waals surface area contributed by atoms with E-state index < -0.39 is 0 Å². The lowest BCUT2D eigenvalue weighted by molar-refractivity contribution is -0.128. The van der Waals surface area contributed by atoms with E-state index in [0.717, 1.165) is 49.4 Å². The van der Waals surface area contributed by atoms with Crippen molar-refractivity contribution in [3.8, 4) is 0 Å². The van der Waals surface area contributed by atoms with Gasteiger partial charge >= 0.3 is 0 Å². The van der Waals surface area contributed by atoms with Crippen LogP contribution in [0.3, 0.4) is 0 Å². The summed E-state index contributed by atoms with van der Waals surface area (Å²) in [6, 6.07) is 6.24. The van der Waals surface area contributed by atoms with Crippen molar-refractivity contribution in [2.75, 3.05) is 38.0 Å². The first kappa shape index (κ1) is 22.8. The van der Waals surface area contributed by atoms with E-state index in [1.165, 1.54) is 19.3 Å². The fourth-order valence-corrected chi connectivity index (χ4v) is 4.70. The quantitative estimate of drug-likeness (QED) is 0.751. The van der Waals surface area contributed by atoms with Crippen LogP contribution in [0.4, 0.5) is 5.69 Å². The molecule has 1 aliphatic carbocycles. The molecule has 2 N–H and O–H groups in total.